The predicted molar refractivity (Wildman–Crippen MR) is 115 cm³/mol. The second-order valence-corrected chi connectivity index (χ2v) is 7.17. The summed E-state index contributed by atoms with van der Waals surface area (Å²) in [5, 5.41) is 20.6. The minimum Gasteiger partial charge on any atom is -0.481 e. The Morgan fingerprint density at radius 1 is 1.00 bits per heavy atom. The Morgan fingerprint density at radius 2 is 1.67 bits per heavy atom. The standard InChI is InChI=1S/C23H19F3N4O3/c24-23(25,26)16-6-8-17(9-7-16)27-22(32)14-33-21-10-5-15(11-12-31)13-20(21)30-28-18-3-1-2-4-19(18)29-30/h1-10,13,31H,11-12,14H2,(H,27,32). The molecule has 7 nitrogen and oxygen atoms in total. The molecule has 1 amide bonds. The smallest absolute Gasteiger partial charge is 0.416 e. The lowest BCUT2D eigenvalue weighted by Gasteiger charge is -2.13. The number of rotatable bonds is 7. The van der Waals surface area contributed by atoms with Gasteiger partial charge in [-0.25, -0.2) is 0 Å². The summed E-state index contributed by atoms with van der Waals surface area (Å²) in [6.45, 7) is -0.419. The largest absolute Gasteiger partial charge is 0.481 e. The van der Waals surface area contributed by atoms with Crippen LogP contribution in [0.1, 0.15) is 11.1 Å². The lowest BCUT2D eigenvalue weighted by atomic mass is 10.1. The average Bonchev–Trinajstić information content (AvgIpc) is 3.22. The zero-order valence-corrected chi connectivity index (χ0v) is 17.2. The van der Waals surface area contributed by atoms with E-state index in [9.17, 15) is 23.1 Å². The zero-order chi connectivity index (χ0) is 23.4. The highest BCUT2D eigenvalue weighted by molar-refractivity contribution is 5.91. The predicted octanol–water partition coefficient (Wildman–Crippen LogP) is 3.99. The van der Waals surface area contributed by atoms with Crippen LogP contribution in [0.25, 0.3) is 16.7 Å². The first-order chi connectivity index (χ1) is 15.8. The van der Waals surface area contributed by atoms with Crippen molar-refractivity contribution in [2.75, 3.05) is 18.5 Å². The van der Waals surface area contributed by atoms with Crippen LogP contribution in [0.5, 0.6) is 5.75 Å². The van der Waals surface area contributed by atoms with Gasteiger partial charge in [0, 0.05) is 12.3 Å². The number of aliphatic hydroxyl groups is 1. The van der Waals surface area contributed by atoms with Gasteiger partial charge in [0.1, 0.15) is 22.5 Å². The normalized spacial score (nSPS) is 11.5. The fourth-order valence-electron chi connectivity index (χ4n) is 3.18. The number of benzene rings is 3. The molecule has 4 aromatic rings. The van der Waals surface area contributed by atoms with Crippen LogP contribution in [0.3, 0.4) is 0 Å². The van der Waals surface area contributed by atoms with Crippen LogP contribution >= 0.6 is 0 Å². The summed E-state index contributed by atoms with van der Waals surface area (Å²) in [6, 6.07) is 16.6. The summed E-state index contributed by atoms with van der Waals surface area (Å²) in [4.78, 5) is 13.7. The molecule has 0 spiro atoms. The molecule has 0 aliphatic rings. The number of amides is 1. The summed E-state index contributed by atoms with van der Waals surface area (Å²) in [6.07, 6.45) is -4.03. The number of hydrogen-bond acceptors (Lipinski definition) is 5. The van der Waals surface area contributed by atoms with Crippen LogP contribution in [0.4, 0.5) is 18.9 Å². The number of carbonyl (C=O) groups is 1. The average molecular weight is 456 g/mol. The Hall–Kier alpha value is -3.92. The van der Waals surface area contributed by atoms with Crippen molar-refractivity contribution < 1.29 is 27.8 Å². The van der Waals surface area contributed by atoms with Crippen LogP contribution in [0.2, 0.25) is 0 Å². The number of halogens is 3. The van der Waals surface area contributed by atoms with Crippen LogP contribution in [-0.2, 0) is 17.4 Å². The first kappa shape index (κ1) is 22.3. The number of nitrogens with one attached hydrogen (secondary N) is 1. The maximum Gasteiger partial charge on any atom is 0.416 e. The van der Waals surface area contributed by atoms with Gasteiger partial charge in [0.15, 0.2) is 6.61 Å². The lowest BCUT2D eigenvalue weighted by Crippen LogP contribution is -2.21. The number of nitrogens with zero attached hydrogens (tertiary/aromatic N) is 3. The molecule has 0 atom stereocenters. The van der Waals surface area contributed by atoms with Crippen molar-refractivity contribution in [1.82, 2.24) is 15.0 Å². The molecule has 1 aromatic heterocycles. The summed E-state index contributed by atoms with van der Waals surface area (Å²) in [7, 11) is 0. The third-order valence-electron chi connectivity index (χ3n) is 4.78. The number of aliphatic hydroxyl groups excluding tert-OH is 1. The Balaban J connectivity index is 1.51. The fraction of sp³-hybridized carbons (Fsp3) is 0.174. The third kappa shape index (κ3) is 5.29. The van der Waals surface area contributed by atoms with E-state index >= 15 is 0 Å². The Morgan fingerprint density at radius 3 is 2.27 bits per heavy atom. The van der Waals surface area contributed by atoms with E-state index in [-0.39, 0.29) is 18.9 Å². The van der Waals surface area contributed by atoms with Gasteiger partial charge < -0.3 is 15.2 Å². The van der Waals surface area contributed by atoms with E-state index in [4.69, 9.17) is 4.74 Å². The van der Waals surface area contributed by atoms with Gasteiger partial charge in [-0.15, -0.1) is 15.0 Å². The molecule has 3 aromatic carbocycles. The molecular weight excluding hydrogens is 437 g/mol. The van der Waals surface area contributed by atoms with Gasteiger partial charge in [0.25, 0.3) is 5.91 Å². The van der Waals surface area contributed by atoms with Crippen molar-refractivity contribution in [3.63, 3.8) is 0 Å². The van der Waals surface area contributed by atoms with Gasteiger partial charge in [-0.2, -0.15) is 13.2 Å². The van der Waals surface area contributed by atoms with Crippen molar-refractivity contribution in [2.45, 2.75) is 12.6 Å². The maximum absolute atomic E-state index is 12.7. The molecule has 170 valence electrons. The molecule has 1 heterocycles. The monoisotopic (exact) mass is 456 g/mol. The van der Waals surface area contributed by atoms with Gasteiger partial charge in [0.05, 0.1) is 5.56 Å². The number of alkyl halides is 3. The fourth-order valence-corrected chi connectivity index (χ4v) is 3.18. The lowest BCUT2D eigenvalue weighted by molar-refractivity contribution is -0.137. The van der Waals surface area contributed by atoms with E-state index in [0.29, 0.717) is 28.9 Å². The van der Waals surface area contributed by atoms with E-state index in [0.717, 1.165) is 17.7 Å². The molecule has 2 N–H and O–H groups in total. The molecule has 0 bridgehead atoms. The number of aromatic nitrogens is 3. The van der Waals surface area contributed by atoms with Gasteiger partial charge in [-0.05, 0) is 60.5 Å². The second kappa shape index (κ2) is 9.29. The molecule has 4 rings (SSSR count). The molecule has 10 heteroatoms. The zero-order valence-electron chi connectivity index (χ0n) is 17.2. The Kier molecular flexibility index (Phi) is 6.27. The maximum atomic E-state index is 12.7. The summed E-state index contributed by atoms with van der Waals surface area (Å²) in [5.41, 5.74) is 2.08. The van der Waals surface area contributed by atoms with Crippen molar-refractivity contribution in [1.29, 1.82) is 0 Å². The van der Waals surface area contributed by atoms with Crippen molar-refractivity contribution >= 4 is 22.6 Å². The first-order valence-corrected chi connectivity index (χ1v) is 9.99. The molecule has 0 unspecified atom stereocenters. The Bertz CT molecular complexity index is 1240. The van der Waals surface area contributed by atoms with E-state index < -0.39 is 17.6 Å². The third-order valence-corrected chi connectivity index (χ3v) is 4.78. The minimum absolute atomic E-state index is 0.0380. The van der Waals surface area contributed by atoms with Crippen LogP contribution in [0, 0.1) is 0 Å². The van der Waals surface area contributed by atoms with Gasteiger partial charge in [0.2, 0.25) is 0 Å². The SMILES string of the molecule is O=C(COc1ccc(CCO)cc1-n1nc2ccccc2n1)Nc1ccc(C(F)(F)F)cc1. The van der Waals surface area contributed by atoms with Crippen molar-refractivity contribution in [2.24, 2.45) is 0 Å². The highest BCUT2D eigenvalue weighted by atomic mass is 19.4. The molecule has 0 fully saturated rings. The Labute approximate surface area is 186 Å². The number of ether oxygens (including phenoxy) is 1. The molecule has 0 aliphatic heterocycles. The van der Waals surface area contributed by atoms with Crippen LogP contribution < -0.4 is 10.1 Å². The minimum atomic E-state index is -4.45. The number of fused-ring (bicyclic) bond motifs is 1. The van der Waals surface area contributed by atoms with E-state index in [1.54, 1.807) is 18.2 Å². The first-order valence-electron chi connectivity index (χ1n) is 9.99. The number of hydrogen-bond donors (Lipinski definition) is 2. The van der Waals surface area contributed by atoms with E-state index in [2.05, 4.69) is 15.5 Å². The van der Waals surface area contributed by atoms with Gasteiger partial charge in [-0.3, -0.25) is 4.79 Å². The quantitative estimate of drug-likeness (QED) is 0.439. The molecule has 0 aliphatic carbocycles. The summed E-state index contributed by atoms with van der Waals surface area (Å²) < 4.78 is 43.7. The molecular formula is C23H19F3N4O3. The van der Waals surface area contributed by atoms with Gasteiger partial charge in [-0.1, -0.05) is 18.2 Å². The molecule has 0 radical (unpaired) electrons. The molecule has 33 heavy (non-hydrogen) atoms. The molecule has 0 saturated carbocycles. The molecule has 0 saturated heterocycles. The van der Waals surface area contributed by atoms with Gasteiger partial charge >= 0.3 is 6.18 Å². The topological polar surface area (TPSA) is 89.3 Å². The highest BCUT2D eigenvalue weighted by Gasteiger charge is 2.30. The van der Waals surface area contributed by atoms with Crippen molar-refractivity contribution in [3.05, 3.63) is 77.9 Å². The van der Waals surface area contributed by atoms with E-state index in [1.807, 2.05) is 24.3 Å². The second-order valence-electron chi connectivity index (χ2n) is 7.17. The number of carbonyl (C=O) groups excluding carboxylic acids is 1. The van der Waals surface area contributed by atoms with Crippen LogP contribution in [0.15, 0.2) is 66.7 Å². The summed E-state index contributed by atoms with van der Waals surface area (Å²) in [5.74, 6) is -0.210. The number of anilines is 1. The van der Waals surface area contributed by atoms with E-state index in [1.165, 1.54) is 16.9 Å². The van der Waals surface area contributed by atoms with Crippen molar-refractivity contribution in [3.8, 4) is 11.4 Å². The van der Waals surface area contributed by atoms with Crippen LogP contribution in [-0.4, -0.2) is 39.2 Å². The highest BCUT2D eigenvalue weighted by Crippen LogP contribution is 2.30. The summed E-state index contributed by atoms with van der Waals surface area (Å²) >= 11 is 0.